The van der Waals surface area contributed by atoms with Crippen molar-refractivity contribution < 1.29 is 43.1 Å². The van der Waals surface area contributed by atoms with Gasteiger partial charge in [0.25, 0.3) is 5.91 Å². The number of anilines is 3. The third-order valence-corrected chi connectivity index (χ3v) is 17.8. The number of nitrogens with two attached hydrogens (primary N) is 1. The second-order valence-corrected chi connectivity index (χ2v) is 37.0. The molecule has 4 aromatic carbocycles. The second-order valence-electron chi connectivity index (χ2n) is 34.4. The van der Waals surface area contributed by atoms with Gasteiger partial charge in [0, 0.05) is 124 Å². The number of hydrogen-bond donors (Lipinski definition) is 5. The molecule has 0 unspecified atom stereocenters. The van der Waals surface area contributed by atoms with Crippen molar-refractivity contribution in [2.45, 2.75) is 218 Å². The highest BCUT2D eigenvalue weighted by atomic mass is 32.1. The number of aryl methyl sites for hydroxylation is 2. The molecule has 0 bridgehead atoms. The van der Waals surface area contributed by atoms with Crippen LogP contribution in [0.25, 0.3) is 89.2 Å². The standard InChI is InChI=1S/C23H30N4O3S.C23H32N4O2S.C23H31N3O3S.C19H21N3O/c1-14(2)24-22-26-19(13-31-22)18-11-20(30-23(3,4)5)16-9-8-15(10-17(16)25-18)29-12-21(28)27(6)7;1-14(2)25-21-27-19(12-30-21)18-11-20(29-22(3,4)5)16-9-8-15(10-17(16)26-18)28-13-23(6,7)24;1-14(2)24-21-26-19(12-30-21)18-11-20(29-22(3,4)5)16-9-8-15(10-17(16)25-18)28-13-23(6,7)27;1-12-6-7-14-15(8-12)22-16(9-18(14)23-19(3,4)5)17-11-20-10-13(2)21-17/h8-11,13-14H,12H2,1-7H3,(H,24,26);8-12,14H,13,24H2,1-7H3,(H,25,27);8-12,14,27H,13H2,1-7H3,(H,24,26);6-11H,1-5H3. The van der Waals surface area contributed by atoms with Crippen LogP contribution in [-0.2, 0) is 4.79 Å². The molecule has 0 atom stereocenters. The van der Waals surface area contributed by atoms with Gasteiger partial charge in [-0.05, 0) is 220 Å². The minimum Gasteiger partial charge on any atom is -0.492 e. The average Bonchev–Trinajstić information content (AvgIpc) is 1.22. The Bertz CT molecular complexity index is 5100. The summed E-state index contributed by atoms with van der Waals surface area (Å²) in [5, 5.41) is 32.2. The average molecular weight is 1610 g/mol. The molecule has 6 N–H and O–H groups in total. The van der Waals surface area contributed by atoms with Gasteiger partial charge in [0.05, 0.1) is 62.3 Å². The highest BCUT2D eigenvalue weighted by Crippen LogP contribution is 2.40. The lowest BCUT2D eigenvalue weighted by molar-refractivity contribution is -0.130. The minimum absolute atomic E-state index is 0.0279. The third-order valence-electron chi connectivity index (χ3n) is 15.4. The van der Waals surface area contributed by atoms with Gasteiger partial charge in [0.1, 0.15) is 98.6 Å². The first-order chi connectivity index (χ1) is 53.1. The molecule has 8 aromatic heterocycles. The smallest absolute Gasteiger partial charge is 0.259 e. The van der Waals surface area contributed by atoms with Gasteiger partial charge in [0.15, 0.2) is 22.0 Å². The molecule has 12 aromatic rings. The topological polar surface area (TPSA) is 283 Å². The van der Waals surface area contributed by atoms with E-state index in [1.54, 1.807) is 74.3 Å². The molecule has 23 nitrogen and oxygen atoms in total. The molecule has 0 saturated carbocycles. The van der Waals surface area contributed by atoms with Gasteiger partial charge in [-0.2, -0.15) is 0 Å². The fourth-order valence-electron chi connectivity index (χ4n) is 10.8. The summed E-state index contributed by atoms with van der Waals surface area (Å²) in [4.78, 5) is 55.4. The van der Waals surface area contributed by atoms with Crippen molar-refractivity contribution in [1.82, 2.24) is 49.8 Å². The highest BCUT2D eigenvalue weighted by molar-refractivity contribution is 7.14. The van der Waals surface area contributed by atoms with Crippen molar-refractivity contribution in [2.24, 2.45) is 5.73 Å². The van der Waals surface area contributed by atoms with Gasteiger partial charge in [-0.3, -0.25) is 9.78 Å². The van der Waals surface area contributed by atoms with E-state index in [0.29, 0.717) is 36.2 Å². The summed E-state index contributed by atoms with van der Waals surface area (Å²) in [6.45, 7) is 48.7. The van der Waals surface area contributed by atoms with Crippen molar-refractivity contribution in [3.05, 3.63) is 137 Å². The monoisotopic (exact) mass is 1610 g/mol. The maximum atomic E-state index is 11.9. The number of likely N-dealkylation sites (N-methyl/N-ethyl adjacent to an activating group) is 1. The van der Waals surface area contributed by atoms with Gasteiger partial charge >= 0.3 is 0 Å². The Balaban J connectivity index is 0.000000175. The van der Waals surface area contributed by atoms with Crippen molar-refractivity contribution >= 4 is 98.9 Å². The molecule has 0 aliphatic rings. The summed E-state index contributed by atoms with van der Waals surface area (Å²) < 4.78 is 42.2. The molecule has 0 aliphatic heterocycles. The van der Waals surface area contributed by atoms with E-state index in [1.165, 1.54) is 10.5 Å². The maximum Gasteiger partial charge on any atom is 0.259 e. The van der Waals surface area contributed by atoms with Crippen molar-refractivity contribution in [3.63, 3.8) is 0 Å². The number of thiazole rings is 3. The maximum absolute atomic E-state index is 11.9. The Morgan fingerprint density at radius 3 is 1.06 bits per heavy atom. The largest absolute Gasteiger partial charge is 0.492 e. The lowest BCUT2D eigenvalue weighted by Gasteiger charge is -2.23. The summed E-state index contributed by atoms with van der Waals surface area (Å²) in [7, 11) is 3.40. The number of carbonyl (C=O) groups excluding carboxylic acids is 1. The van der Waals surface area contributed by atoms with Crippen molar-refractivity contribution in [2.75, 3.05) is 49.9 Å². The van der Waals surface area contributed by atoms with Crippen LogP contribution in [0.15, 0.2) is 126 Å². The molecule has 0 spiro atoms. The van der Waals surface area contributed by atoms with E-state index in [4.69, 9.17) is 63.8 Å². The Morgan fingerprint density at radius 2 is 0.746 bits per heavy atom. The Kier molecular flexibility index (Phi) is 28.2. The zero-order valence-electron chi connectivity index (χ0n) is 71.0. The predicted molar refractivity (Wildman–Crippen MR) is 468 cm³/mol. The van der Waals surface area contributed by atoms with Crippen LogP contribution in [0.1, 0.15) is 164 Å². The van der Waals surface area contributed by atoms with Gasteiger partial charge in [-0.25, -0.2) is 39.9 Å². The summed E-state index contributed by atoms with van der Waals surface area (Å²) >= 11 is 4.67. The van der Waals surface area contributed by atoms with Crippen LogP contribution < -0.4 is 54.8 Å². The van der Waals surface area contributed by atoms with Crippen LogP contribution in [-0.4, -0.2) is 146 Å². The highest BCUT2D eigenvalue weighted by Gasteiger charge is 2.25. The number of rotatable bonds is 23. The third kappa shape index (κ3) is 27.0. The number of nitrogens with zero attached hydrogens (tertiary/aromatic N) is 10. The summed E-state index contributed by atoms with van der Waals surface area (Å²) in [6.07, 6.45) is 3.47. The molecule has 12 rings (SSSR count). The van der Waals surface area contributed by atoms with Gasteiger partial charge in [-0.1, -0.05) is 6.07 Å². The first kappa shape index (κ1) is 87.8. The zero-order chi connectivity index (χ0) is 83.6. The number of aliphatic hydroxyl groups is 1. The summed E-state index contributed by atoms with van der Waals surface area (Å²) in [5.41, 5.74) is 14.8. The fourth-order valence-corrected chi connectivity index (χ4v) is 13.3. The van der Waals surface area contributed by atoms with Crippen molar-refractivity contribution in [1.29, 1.82) is 0 Å². The van der Waals surface area contributed by atoms with Crippen LogP contribution in [0.5, 0.6) is 40.2 Å². The van der Waals surface area contributed by atoms with Crippen LogP contribution in [0.2, 0.25) is 0 Å². The number of carbonyl (C=O) groups is 1. The Morgan fingerprint density at radius 1 is 0.421 bits per heavy atom. The summed E-state index contributed by atoms with van der Waals surface area (Å²) in [5.74, 6) is 4.93. The molecule has 0 aliphatic carbocycles. The van der Waals surface area contributed by atoms with Crippen molar-refractivity contribution in [3.8, 4) is 85.8 Å². The number of amides is 1. The zero-order valence-corrected chi connectivity index (χ0v) is 73.4. The van der Waals surface area contributed by atoms with Crippen LogP contribution in [0.4, 0.5) is 15.4 Å². The quantitative estimate of drug-likeness (QED) is 0.0398. The number of fused-ring (bicyclic) bond motifs is 4. The predicted octanol–water partition coefficient (Wildman–Crippen LogP) is 20.3. The normalized spacial score (nSPS) is 12.1. The Labute approximate surface area is 683 Å². The molecular formula is C88H114N14O9S3. The van der Waals surface area contributed by atoms with Crippen LogP contribution in [0, 0.1) is 13.8 Å². The number of hydrogen-bond acceptors (Lipinski definition) is 25. The first-order valence-electron chi connectivity index (χ1n) is 38.2. The second kappa shape index (κ2) is 36.6. The van der Waals surface area contributed by atoms with Crippen LogP contribution in [0.3, 0.4) is 0 Å². The van der Waals surface area contributed by atoms with E-state index in [9.17, 15) is 9.90 Å². The number of benzene rings is 4. The molecule has 0 saturated heterocycles. The van der Waals surface area contributed by atoms with E-state index >= 15 is 0 Å². The lowest BCUT2D eigenvalue weighted by atomic mass is 10.1. The lowest BCUT2D eigenvalue weighted by Crippen LogP contribution is -2.38. The van der Waals surface area contributed by atoms with E-state index in [1.807, 2.05) is 199 Å². The minimum atomic E-state index is -0.912. The van der Waals surface area contributed by atoms with Crippen LogP contribution >= 0.6 is 34.0 Å². The first-order valence-corrected chi connectivity index (χ1v) is 40.8. The van der Waals surface area contributed by atoms with E-state index < -0.39 is 11.1 Å². The molecule has 608 valence electrons. The van der Waals surface area contributed by atoms with Gasteiger partial charge in [0.2, 0.25) is 0 Å². The van der Waals surface area contributed by atoms with E-state index in [2.05, 4.69) is 103 Å². The molecular weight excluding hydrogens is 1490 g/mol. The van der Waals surface area contributed by atoms with E-state index in [-0.39, 0.29) is 41.5 Å². The summed E-state index contributed by atoms with van der Waals surface area (Å²) in [6, 6.07) is 32.0. The van der Waals surface area contributed by atoms with E-state index in [0.717, 1.165) is 139 Å². The Hall–Kier alpha value is -10.1. The number of ether oxygens (including phenoxy) is 7. The fraction of sp³-hybridized carbons (Fsp3) is 0.432. The molecule has 26 heteroatoms. The molecule has 0 fully saturated rings. The molecule has 1 amide bonds. The number of aromatic nitrogens is 9. The number of pyridine rings is 4. The number of nitrogens with one attached hydrogen (secondary N) is 3. The van der Waals surface area contributed by atoms with Gasteiger partial charge in [-0.15, -0.1) is 34.0 Å². The van der Waals surface area contributed by atoms with Gasteiger partial charge < -0.3 is 64.8 Å². The molecule has 0 radical (unpaired) electrons. The molecule has 114 heavy (non-hydrogen) atoms. The SMILES string of the molecule is CC(C)Nc1nc(-c2cc(OC(C)(C)C)c3ccc(OCC(=O)N(C)C)cc3n2)cs1.CC(C)Nc1nc(-c2cc(OC(C)(C)C)c3ccc(OCC(C)(C)N)cc3n2)cs1.CC(C)Nc1nc(-c2cc(OC(C)(C)C)c3ccc(OCC(C)(C)O)cc3n2)cs1.Cc1ccc2c(OC(C)(C)C)cc(-c3cncc(C)n3)nc2c1. The molecule has 8 heterocycles.